The summed E-state index contributed by atoms with van der Waals surface area (Å²) in [6.45, 7) is 21.3. The molecule has 2 aromatic carbocycles. The fourth-order valence-electron chi connectivity index (χ4n) is 11.2. The number of fused-ring (bicyclic) bond motifs is 6. The molecule has 2 N–H and O–H groups in total. The highest BCUT2D eigenvalue weighted by Crippen LogP contribution is 2.43. The van der Waals surface area contributed by atoms with E-state index in [1.54, 1.807) is 19.1 Å². The molecule has 0 spiro atoms. The number of ether oxygens (including phenoxy) is 2. The minimum absolute atomic E-state index is 0.129. The number of aromatic nitrogens is 2. The summed E-state index contributed by atoms with van der Waals surface area (Å²) in [7, 11) is 5.49. The van der Waals surface area contributed by atoms with Crippen LogP contribution in [0.1, 0.15) is 83.7 Å². The molecule has 3 fully saturated rings. The number of rotatable bonds is 11. The predicted octanol–water partition coefficient (Wildman–Crippen LogP) is 6.02. The second-order valence-electron chi connectivity index (χ2n) is 21.4. The number of benzene rings is 2. The van der Waals surface area contributed by atoms with Gasteiger partial charge in [0, 0.05) is 94.8 Å². The maximum atomic E-state index is 14.8. The number of carbonyl (C=O) groups excluding carboxylic acids is 5. The van der Waals surface area contributed by atoms with Crippen LogP contribution in [0.15, 0.2) is 67.4 Å². The van der Waals surface area contributed by atoms with Gasteiger partial charge < -0.3 is 39.0 Å². The first-order chi connectivity index (χ1) is 34.4. The first kappa shape index (κ1) is 52.2. The molecule has 72 heavy (non-hydrogen) atoms. The molecule has 6 heterocycles. The Hall–Kier alpha value is -6.10. The molecule has 4 aromatic rings. The van der Waals surface area contributed by atoms with E-state index in [-0.39, 0.29) is 43.4 Å². The van der Waals surface area contributed by atoms with Crippen molar-refractivity contribution >= 4 is 46.2 Å². The van der Waals surface area contributed by atoms with Gasteiger partial charge in [0.1, 0.15) is 18.1 Å². The number of likely N-dealkylation sites (N-methyl/N-ethyl adjacent to an activating group) is 2. The van der Waals surface area contributed by atoms with Crippen molar-refractivity contribution < 1.29 is 33.4 Å². The standard InChI is InChI=1S/C56H75N9O7/c1-11-48(66)63-22-20-40(33-63)53(68)61(9)50(35(3)4)52(67)58-46-28-37-15-13-16-38(27-37)39-18-19-47-42(29-39)44(31-56(6,7)34-72-55(70)45-17-14-21-65(59-45)54(46)69)51(64(47)12-2)43-30-41(32-57-49(43)36(5)71-10)62-25-23-60(8)24-26-62/h11,13,15-16,18-19,27,29-30,32,35-36,40,45-46,50,59H,1,12,14,17,20-26,28,31,33-34H2,2-10H3,(H,58,67)/t36-,40-,45-,46-,50?/m0/s1. The van der Waals surface area contributed by atoms with Gasteiger partial charge in [-0.2, -0.15) is 0 Å². The van der Waals surface area contributed by atoms with E-state index in [2.05, 4.69) is 95.9 Å². The summed E-state index contributed by atoms with van der Waals surface area (Å²) in [5.41, 5.74) is 11.6. The molecule has 8 rings (SSSR count). The highest BCUT2D eigenvalue weighted by molar-refractivity contribution is 5.96. The number of methoxy groups -OCH3 is 1. The van der Waals surface area contributed by atoms with E-state index in [1.165, 1.54) is 16.0 Å². The highest BCUT2D eigenvalue weighted by Gasteiger charge is 2.40. The summed E-state index contributed by atoms with van der Waals surface area (Å²) in [5.74, 6) is -2.57. The molecule has 6 bridgehead atoms. The van der Waals surface area contributed by atoms with Crippen molar-refractivity contribution in [1.82, 2.24) is 40.0 Å². The molecule has 386 valence electrons. The van der Waals surface area contributed by atoms with E-state index in [0.717, 1.165) is 82.0 Å². The normalized spacial score (nSPS) is 21.8. The Morgan fingerprint density at radius 3 is 2.47 bits per heavy atom. The van der Waals surface area contributed by atoms with Gasteiger partial charge in [-0.05, 0) is 99.0 Å². The number of esters is 1. The molecule has 0 radical (unpaired) electrons. The number of nitrogens with one attached hydrogen (secondary N) is 2. The topological polar surface area (TPSA) is 162 Å². The van der Waals surface area contributed by atoms with Crippen molar-refractivity contribution in [2.45, 2.75) is 104 Å². The fourth-order valence-corrected chi connectivity index (χ4v) is 11.2. The van der Waals surface area contributed by atoms with E-state index in [4.69, 9.17) is 14.5 Å². The van der Waals surface area contributed by atoms with E-state index in [9.17, 15) is 24.0 Å². The van der Waals surface area contributed by atoms with Gasteiger partial charge in [-0.25, -0.2) is 5.43 Å². The quantitative estimate of drug-likeness (QED) is 0.134. The number of amides is 4. The van der Waals surface area contributed by atoms with Crippen LogP contribution in [0.5, 0.6) is 0 Å². The molecule has 1 unspecified atom stereocenters. The number of hydrogen-bond acceptors (Lipinski definition) is 11. The van der Waals surface area contributed by atoms with Crippen LogP contribution in [0.25, 0.3) is 33.3 Å². The SMILES string of the molecule is C=CC(=O)N1CC[C@H](C(=O)N(C)C(C(=O)N[C@H]2Cc3cccc(c3)-c3ccc4c(c3)c(c(-c3cc(N5CCN(C)CC5)cnc3[C@H](C)OC)n4CC)CC(C)(C)COC(=O)[C@@H]3CCCN(N3)C2=O)C(C)C)C1. The molecule has 16 heteroatoms. The van der Waals surface area contributed by atoms with Crippen molar-refractivity contribution in [3.8, 4) is 22.4 Å². The second kappa shape index (κ2) is 21.9. The van der Waals surface area contributed by atoms with Crippen molar-refractivity contribution in [3.05, 3.63) is 84.2 Å². The van der Waals surface area contributed by atoms with Crippen LogP contribution >= 0.6 is 0 Å². The molecule has 4 aliphatic rings. The third-order valence-electron chi connectivity index (χ3n) is 15.3. The molecule has 5 atom stereocenters. The van der Waals surface area contributed by atoms with E-state index >= 15 is 0 Å². The first-order valence-electron chi connectivity index (χ1n) is 25.8. The maximum Gasteiger partial charge on any atom is 0.324 e. The van der Waals surface area contributed by atoms with Crippen LogP contribution in [0.4, 0.5) is 5.69 Å². The van der Waals surface area contributed by atoms with E-state index < -0.39 is 47.2 Å². The third-order valence-corrected chi connectivity index (χ3v) is 15.3. The van der Waals surface area contributed by atoms with Crippen LogP contribution in [-0.4, -0.2) is 151 Å². The zero-order chi connectivity index (χ0) is 51.6. The minimum Gasteiger partial charge on any atom is -0.464 e. The number of cyclic esters (lactones) is 1. The van der Waals surface area contributed by atoms with Crippen molar-refractivity contribution in [2.24, 2.45) is 17.3 Å². The average molecular weight is 986 g/mol. The number of piperazine rings is 1. The number of carbonyl (C=O) groups is 5. The smallest absolute Gasteiger partial charge is 0.324 e. The van der Waals surface area contributed by atoms with E-state index in [0.29, 0.717) is 45.3 Å². The maximum absolute atomic E-state index is 14.8. The highest BCUT2D eigenvalue weighted by atomic mass is 16.5. The van der Waals surface area contributed by atoms with Crippen LogP contribution in [0, 0.1) is 17.3 Å². The Labute approximate surface area is 425 Å². The van der Waals surface area contributed by atoms with Gasteiger partial charge in [-0.3, -0.25) is 34.0 Å². The van der Waals surface area contributed by atoms with Crippen molar-refractivity contribution in [2.75, 3.05) is 78.5 Å². The number of hydrogen-bond donors (Lipinski definition) is 2. The van der Waals surface area contributed by atoms with Gasteiger partial charge in [0.15, 0.2) is 0 Å². The number of nitrogens with zero attached hydrogens (tertiary/aromatic N) is 7. The summed E-state index contributed by atoms with van der Waals surface area (Å²) in [5, 5.41) is 5.61. The fraction of sp³-hybridized carbons (Fsp3) is 0.536. The van der Waals surface area contributed by atoms with E-state index in [1.807, 2.05) is 39.1 Å². The average Bonchev–Trinajstić information content (AvgIpc) is 3.99. The Morgan fingerprint density at radius 2 is 1.76 bits per heavy atom. The molecule has 0 aliphatic carbocycles. The zero-order valence-corrected chi connectivity index (χ0v) is 43.8. The van der Waals surface area contributed by atoms with Crippen LogP contribution < -0.4 is 15.6 Å². The van der Waals surface area contributed by atoms with Crippen molar-refractivity contribution in [1.29, 1.82) is 0 Å². The molecular formula is C56H75N9O7. The molecule has 4 aliphatic heterocycles. The first-order valence-corrected chi connectivity index (χ1v) is 25.8. The van der Waals surface area contributed by atoms with Crippen LogP contribution in [0.3, 0.4) is 0 Å². The van der Waals surface area contributed by atoms with Crippen LogP contribution in [0.2, 0.25) is 0 Å². The van der Waals surface area contributed by atoms with Gasteiger partial charge in [0.25, 0.3) is 5.91 Å². The summed E-state index contributed by atoms with van der Waals surface area (Å²) in [4.78, 5) is 82.8. The summed E-state index contributed by atoms with van der Waals surface area (Å²) in [6, 6.07) is 14.2. The van der Waals surface area contributed by atoms with Crippen LogP contribution in [-0.2, 0) is 52.8 Å². The summed E-state index contributed by atoms with van der Waals surface area (Å²) < 4.78 is 14.6. The molecular weight excluding hydrogens is 911 g/mol. The second-order valence-corrected chi connectivity index (χ2v) is 21.4. The number of aryl methyl sites for hydroxylation is 1. The third kappa shape index (κ3) is 11.0. The van der Waals surface area contributed by atoms with Gasteiger partial charge in [-0.1, -0.05) is 64.6 Å². The Bertz CT molecular complexity index is 2690. The molecule has 4 amide bonds. The predicted molar refractivity (Wildman–Crippen MR) is 280 cm³/mol. The lowest BCUT2D eigenvalue weighted by molar-refractivity contribution is -0.155. The lowest BCUT2D eigenvalue weighted by atomic mass is 9.84. The van der Waals surface area contributed by atoms with Gasteiger partial charge in [0.2, 0.25) is 17.7 Å². The van der Waals surface area contributed by atoms with Gasteiger partial charge >= 0.3 is 5.97 Å². The largest absolute Gasteiger partial charge is 0.464 e. The Morgan fingerprint density at radius 1 is 1.01 bits per heavy atom. The number of anilines is 1. The number of likely N-dealkylation sites (tertiary alicyclic amines) is 1. The lowest BCUT2D eigenvalue weighted by Gasteiger charge is -2.37. The Balaban J connectivity index is 1.20. The number of hydrazine groups is 1. The molecule has 2 aromatic heterocycles. The molecule has 3 saturated heterocycles. The Kier molecular flexibility index (Phi) is 15.9. The van der Waals surface area contributed by atoms with Gasteiger partial charge in [-0.15, -0.1) is 0 Å². The monoisotopic (exact) mass is 986 g/mol. The molecule has 0 saturated carbocycles. The van der Waals surface area contributed by atoms with Crippen molar-refractivity contribution in [3.63, 3.8) is 0 Å². The lowest BCUT2D eigenvalue weighted by Crippen LogP contribution is -2.62. The zero-order valence-electron chi connectivity index (χ0n) is 43.8. The summed E-state index contributed by atoms with van der Waals surface area (Å²) in [6.07, 6.45) is 5.15. The molecule has 16 nitrogen and oxygen atoms in total. The van der Waals surface area contributed by atoms with Gasteiger partial charge in [0.05, 0.1) is 41.9 Å². The summed E-state index contributed by atoms with van der Waals surface area (Å²) >= 11 is 0. The number of pyridine rings is 1. The minimum atomic E-state index is -1.06.